The van der Waals surface area contributed by atoms with Gasteiger partial charge in [-0.15, -0.1) is 0 Å². The summed E-state index contributed by atoms with van der Waals surface area (Å²) in [4.78, 5) is 22.7. The number of piperidine rings is 2. The highest BCUT2D eigenvalue weighted by molar-refractivity contribution is 7.88. The first-order valence-electron chi connectivity index (χ1n) is 10.2. The number of rotatable bonds is 5. The van der Waals surface area contributed by atoms with E-state index in [-0.39, 0.29) is 6.04 Å². The van der Waals surface area contributed by atoms with Crippen molar-refractivity contribution in [3.05, 3.63) is 24.0 Å². The maximum Gasteiger partial charge on any atom is 0.211 e. The van der Waals surface area contributed by atoms with E-state index in [2.05, 4.69) is 20.2 Å². The number of hydrogen-bond acceptors (Lipinski definition) is 7. The number of pyridine rings is 2. The van der Waals surface area contributed by atoms with Gasteiger partial charge in [-0.05, 0) is 44.2 Å². The molecule has 8 nitrogen and oxygen atoms in total. The molecule has 2 aliphatic heterocycles. The van der Waals surface area contributed by atoms with Crippen molar-refractivity contribution < 1.29 is 13.2 Å². The second kappa shape index (κ2) is 8.23. The molecule has 0 atom stereocenters. The van der Waals surface area contributed by atoms with E-state index in [0.29, 0.717) is 18.8 Å². The summed E-state index contributed by atoms with van der Waals surface area (Å²) in [5.74, 6) is 1.61. The number of carbonyl (C=O) groups excluding carboxylic acids is 1. The summed E-state index contributed by atoms with van der Waals surface area (Å²) in [6, 6.07) is 3.96. The minimum absolute atomic E-state index is 0.179. The van der Waals surface area contributed by atoms with Gasteiger partial charge >= 0.3 is 0 Å². The lowest BCUT2D eigenvalue weighted by molar-refractivity contribution is 0.111. The molecule has 2 saturated heterocycles. The Morgan fingerprint density at radius 3 is 2.48 bits per heavy atom. The molecule has 29 heavy (non-hydrogen) atoms. The average Bonchev–Trinajstić information content (AvgIpc) is 2.73. The Hall–Kier alpha value is -2.26. The SMILES string of the molecule is CS(=O)(=O)N1CCC(Nc2cc3c(N4CCCCC4)nc(C=O)cc3cn2)CC1. The van der Waals surface area contributed by atoms with Crippen molar-refractivity contribution in [3.8, 4) is 0 Å². The van der Waals surface area contributed by atoms with E-state index in [1.54, 1.807) is 12.3 Å². The number of aldehydes is 1. The highest BCUT2D eigenvalue weighted by Crippen LogP contribution is 2.29. The standard InChI is InChI=1S/C20H27N5O3S/c1-29(27,28)25-9-5-16(6-10-25)22-19-12-18-15(13-21-19)11-17(14-26)23-20(18)24-7-3-2-4-8-24/h11-14,16H,2-10H2,1H3,(H,21,22). The van der Waals surface area contributed by atoms with E-state index in [1.165, 1.54) is 17.0 Å². The van der Waals surface area contributed by atoms with Gasteiger partial charge in [-0.3, -0.25) is 4.79 Å². The van der Waals surface area contributed by atoms with Gasteiger partial charge in [0.25, 0.3) is 0 Å². The van der Waals surface area contributed by atoms with Crippen LogP contribution in [0.2, 0.25) is 0 Å². The number of nitrogens with one attached hydrogen (secondary N) is 1. The molecule has 4 heterocycles. The summed E-state index contributed by atoms with van der Waals surface area (Å²) < 4.78 is 24.9. The van der Waals surface area contributed by atoms with Crippen molar-refractivity contribution in [2.45, 2.75) is 38.1 Å². The van der Waals surface area contributed by atoms with Gasteiger partial charge in [0.05, 0.1) is 6.26 Å². The Morgan fingerprint density at radius 1 is 1.10 bits per heavy atom. The largest absolute Gasteiger partial charge is 0.367 e. The first kappa shape index (κ1) is 20.0. The van der Waals surface area contributed by atoms with Crippen LogP contribution in [0.5, 0.6) is 0 Å². The molecular formula is C20H27N5O3S. The lowest BCUT2D eigenvalue weighted by atomic mass is 10.1. The van der Waals surface area contributed by atoms with Crippen LogP contribution in [0.1, 0.15) is 42.6 Å². The van der Waals surface area contributed by atoms with Gasteiger partial charge in [0, 0.05) is 49.2 Å². The molecule has 1 N–H and O–H groups in total. The number of aromatic nitrogens is 2. The van der Waals surface area contributed by atoms with Gasteiger partial charge < -0.3 is 10.2 Å². The van der Waals surface area contributed by atoms with Gasteiger partial charge in [-0.25, -0.2) is 22.7 Å². The number of carbonyl (C=O) groups is 1. The Morgan fingerprint density at radius 2 is 1.83 bits per heavy atom. The van der Waals surface area contributed by atoms with Crippen molar-refractivity contribution in [2.75, 3.05) is 42.7 Å². The molecule has 0 radical (unpaired) electrons. The maximum atomic E-state index is 11.7. The molecule has 2 aliphatic rings. The molecule has 0 bridgehead atoms. The summed E-state index contributed by atoms with van der Waals surface area (Å²) in [7, 11) is -3.13. The van der Waals surface area contributed by atoms with Crippen molar-refractivity contribution in [2.24, 2.45) is 0 Å². The molecule has 2 aromatic rings. The fraction of sp³-hybridized carbons (Fsp3) is 0.550. The van der Waals surface area contributed by atoms with Crippen molar-refractivity contribution in [1.29, 1.82) is 0 Å². The normalized spacial score (nSPS) is 19.4. The summed E-state index contributed by atoms with van der Waals surface area (Å²) in [5.41, 5.74) is 0.425. The molecule has 0 spiro atoms. The first-order chi connectivity index (χ1) is 13.9. The molecule has 9 heteroatoms. The van der Waals surface area contributed by atoms with Gasteiger partial charge in [0.15, 0.2) is 6.29 Å². The Labute approximate surface area is 171 Å². The van der Waals surface area contributed by atoms with E-state index in [0.717, 1.165) is 67.5 Å². The van der Waals surface area contributed by atoms with Gasteiger partial charge in [0.2, 0.25) is 10.0 Å². The minimum atomic E-state index is -3.13. The first-order valence-corrected chi connectivity index (χ1v) is 12.0. The molecule has 0 aliphatic carbocycles. The number of fused-ring (bicyclic) bond motifs is 1. The van der Waals surface area contributed by atoms with Crippen LogP contribution in [-0.2, 0) is 10.0 Å². The van der Waals surface area contributed by atoms with Crippen LogP contribution in [-0.4, -0.2) is 67.5 Å². The molecule has 4 rings (SSSR count). The van der Waals surface area contributed by atoms with Crippen LogP contribution < -0.4 is 10.2 Å². The lowest BCUT2D eigenvalue weighted by Gasteiger charge is -2.31. The van der Waals surface area contributed by atoms with E-state index < -0.39 is 10.0 Å². The fourth-order valence-corrected chi connectivity index (χ4v) is 5.05. The summed E-state index contributed by atoms with van der Waals surface area (Å²) in [6.45, 7) is 2.93. The molecular weight excluding hydrogens is 390 g/mol. The highest BCUT2D eigenvalue weighted by Gasteiger charge is 2.25. The zero-order valence-corrected chi connectivity index (χ0v) is 17.5. The zero-order valence-electron chi connectivity index (χ0n) is 16.7. The van der Waals surface area contributed by atoms with Gasteiger partial charge in [-0.1, -0.05) is 0 Å². The number of hydrogen-bond donors (Lipinski definition) is 1. The van der Waals surface area contributed by atoms with Gasteiger partial charge in [0.1, 0.15) is 17.3 Å². The second-order valence-electron chi connectivity index (χ2n) is 7.91. The molecule has 156 valence electrons. The average molecular weight is 418 g/mol. The third-order valence-electron chi connectivity index (χ3n) is 5.77. The third kappa shape index (κ3) is 4.51. The second-order valence-corrected chi connectivity index (χ2v) is 9.89. The van der Waals surface area contributed by atoms with Crippen molar-refractivity contribution >= 4 is 38.7 Å². The Bertz CT molecular complexity index is 997. The van der Waals surface area contributed by atoms with Crippen LogP contribution in [0, 0.1) is 0 Å². The van der Waals surface area contributed by atoms with Gasteiger partial charge in [-0.2, -0.15) is 0 Å². The zero-order chi connectivity index (χ0) is 20.4. The van der Waals surface area contributed by atoms with Crippen molar-refractivity contribution in [1.82, 2.24) is 14.3 Å². The molecule has 0 aromatic carbocycles. The van der Waals surface area contributed by atoms with E-state index in [9.17, 15) is 13.2 Å². The predicted octanol–water partition coefficient (Wildman–Crippen LogP) is 2.27. The highest BCUT2D eigenvalue weighted by atomic mass is 32.2. The van der Waals surface area contributed by atoms with Crippen LogP contribution in [0.25, 0.3) is 10.8 Å². The topological polar surface area (TPSA) is 95.5 Å². The van der Waals surface area contributed by atoms with E-state index >= 15 is 0 Å². The smallest absolute Gasteiger partial charge is 0.211 e. The van der Waals surface area contributed by atoms with Crippen LogP contribution in [0.4, 0.5) is 11.6 Å². The summed E-state index contributed by atoms with van der Waals surface area (Å²) in [5, 5.41) is 5.35. The third-order valence-corrected chi connectivity index (χ3v) is 7.07. The number of nitrogens with zero attached hydrogens (tertiary/aromatic N) is 4. The molecule has 2 fully saturated rings. The van der Waals surface area contributed by atoms with Crippen LogP contribution in [0.15, 0.2) is 18.3 Å². The van der Waals surface area contributed by atoms with E-state index in [4.69, 9.17) is 0 Å². The Balaban J connectivity index is 1.57. The summed E-state index contributed by atoms with van der Waals surface area (Å²) in [6.07, 6.45) is 8.80. The quantitative estimate of drug-likeness (QED) is 0.746. The molecule has 2 aromatic heterocycles. The maximum absolute atomic E-state index is 11.7. The number of anilines is 2. The fourth-order valence-electron chi connectivity index (χ4n) is 4.18. The monoisotopic (exact) mass is 417 g/mol. The lowest BCUT2D eigenvalue weighted by Crippen LogP contribution is -2.41. The molecule has 0 unspecified atom stereocenters. The molecule has 0 saturated carbocycles. The summed E-state index contributed by atoms with van der Waals surface area (Å²) >= 11 is 0. The molecule has 0 amide bonds. The number of sulfonamides is 1. The minimum Gasteiger partial charge on any atom is -0.367 e. The predicted molar refractivity (Wildman–Crippen MR) is 114 cm³/mol. The van der Waals surface area contributed by atoms with E-state index in [1.807, 2.05) is 6.07 Å². The van der Waals surface area contributed by atoms with Crippen molar-refractivity contribution in [3.63, 3.8) is 0 Å². The van der Waals surface area contributed by atoms with Crippen LogP contribution in [0.3, 0.4) is 0 Å². The Kier molecular flexibility index (Phi) is 5.69. The van der Waals surface area contributed by atoms with Crippen LogP contribution >= 0.6 is 0 Å².